The van der Waals surface area contributed by atoms with Crippen molar-refractivity contribution in [1.82, 2.24) is 0 Å². The molecule has 0 aromatic carbocycles. The Hall–Kier alpha value is -1.75. The Morgan fingerprint density at radius 3 is 1.71 bits per heavy atom. The average Bonchev–Trinajstić information content (AvgIpc) is 2.39. The van der Waals surface area contributed by atoms with Gasteiger partial charge in [-0.25, -0.2) is 4.79 Å². The molecule has 0 aromatic rings. The lowest BCUT2D eigenvalue weighted by atomic mass is 9.92. The molecule has 0 heterocycles. The Morgan fingerprint density at radius 1 is 0.905 bits per heavy atom. The SMILES string of the molecule is O=C(O)CC(O)(CC(=O)OCC(CO)(CO)CO)C(=O)O. The molecule has 0 saturated carbocycles. The van der Waals surface area contributed by atoms with Gasteiger partial charge in [0.05, 0.1) is 38.1 Å². The Balaban J connectivity index is 4.73. The molecule has 21 heavy (non-hydrogen) atoms. The zero-order chi connectivity index (χ0) is 16.7. The van der Waals surface area contributed by atoms with E-state index in [9.17, 15) is 19.5 Å². The minimum absolute atomic E-state index is 0.627. The summed E-state index contributed by atoms with van der Waals surface area (Å²) in [5.41, 5.74) is -4.34. The lowest BCUT2D eigenvalue weighted by molar-refractivity contribution is -0.174. The average molecular weight is 310 g/mol. The molecular weight excluding hydrogens is 292 g/mol. The number of carbonyl (C=O) groups is 3. The first-order valence-electron chi connectivity index (χ1n) is 5.80. The quantitative estimate of drug-likeness (QED) is 0.230. The van der Waals surface area contributed by atoms with Gasteiger partial charge in [0.25, 0.3) is 0 Å². The van der Waals surface area contributed by atoms with Gasteiger partial charge in [-0.2, -0.15) is 0 Å². The minimum atomic E-state index is -2.83. The van der Waals surface area contributed by atoms with Gasteiger partial charge in [-0.3, -0.25) is 9.59 Å². The van der Waals surface area contributed by atoms with Crippen molar-refractivity contribution in [2.45, 2.75) is 18.4 Å². The second-order valence-electron chi connectivity index (χ2n) is 4.72. The predicted octanol–water partition coefficient (Wildman–Crippen LogP) is -2.83. The molecule has 1 atom stereocenters. The number of rotatable bonds is 10. The zero-order valence-electron chi connectivity index (χ0n) is 11.1. The number of aliphatic hydroxyl groups excluding tert-OH is 3. The summed E-state index contributed by atoms with van der Waals surface area (Å²) in [5, 5.41) is 53.9. The van der Waals surface area contributed by atoms with Crippen molar-refractivity contribution in [2.24, 2.45) is 5.41 Å². The van der Waals surface area contributed by atoms with Crippen LogP contribution in [0.4, 0.5) is 0 Å². The van der Waals surface area contributed by atoms with Crippen LogP contribution in [0.2, 0.25) is 0 Å². The molecule has 0 saturated heterocycles. The molecule has 0 aromatic heterocycles. The number of ether oxygens (including phenoxy) is 1. The van der Waals surface area contributed by atoms with Gasteiger partial charge in [-0.15, -0.1) is 0 Å². The van der Waals surface area contributed by atoms with E-state index in [1.54, 1.807) is 0 Å². The Labute approximate surface area is 119 Å². The van der Waals surface area contributed by atoms with E-state index < -0.39 is 68.2 Å². The first kappa shape index (κ1) is 19.2. The number of aliphatic hydroxyl groups is 4. The summed E-state index contributed by atoms with van der Waals surface area (Å²) < 4.78 is 4.57. The summed E-state index contributed by atoms with van der Waals surface area (Å²) in [4.78, 5) is 32.8. The highest BCUT2D eigenvalue weighted by molar-refractivity contribution is 5.88. The Morgan fingerprint density at radius 2 is 1.38 bits per heavy atom. The van der Waals surface area contributed by atoms with Gasteiger partial charge in [-0.05, 0) is 0 Å². The topological polar surface area (TPSA) is 182 Å². The summed E-state index contributed by atoms with van der Waals surface area (Å²) in [6.07, 6.45) is -2.34. The highest BCUT2D eigenvalue weighted by atomic mass is 16.5. The monoisotopic (exact) mass is 310 g/mol. The van der Waals surface area contributed by atoms with Gasteiger partial charge in [0.15, 0.2) is 5.60 Å². The largest absolute Gasteiger partial charge is 0.481 e. The standard InChI is InChI=1S/C11H18O10/c12-3-10(4-13,5-14)6-21-8(17)2-11(20,9(18)19)1-7(15)16/h12-14,20H,1-6H2,(H,15,16)(H,18,19). The molecule has 0 bridgehead atoms. The van der Waals surface area contributed by atoms with Crippen molar-refractivity contribution < 1.29 is 49.8 Å². The molecule has 122 valence electrons. The van der Waals surface area contributed by atoms with E-state index in [4.69, 9.17) is 25.5 Å². The smallest absolute Gasteiger partial charge is 0.336 e. The number of carboxylic acid groups (broad SMARTS) is 2. The van der Waals surface area contributed by atoms with Gasteiger partial charge in [0.1, 0.15) is 6.61 Å². The van der Waals surface area contributed by atoms with Gasteiger partial charge in [-0.1, -0.05) is 0 Å². The molecular formula is C11H18O10. The third-order valence-corrected chi connectivity index (χ3v) is 2.82. The third-order valence-electron chi connectivity index (χ3n) is 2.82. The van der Waals surface area contributed by atoms with Crippen LogP contribution in [-0.2, 0) is 19.1 Å². The number of carbonyl (C=O) groups excluding carboxylic acids is 1. The molecule has 0 radical (unpaired) electrons. The van der Waals surface area contributed by atoms with E-state index in [1.807, 2.05) is 0 Å². The van der Waals surface area contributed by atoms with E-state index in [0.29, 0.717) is 0 Å². The highest BCUT2D eigenvalue weighted by Crippen LogP contribution is 2.19. The third kappa shape index (κ3) is 5.63. The summed E-state index contributed by atoms with van der Waals surface area (Å²) in [6, 6.07) is 0. The molecule has 0 rings (SSSR count). The highest BCUT2D eigenvalue weighted by Gasteiger charge is 2.42. The first-order valence-corrected chi connectivity index (χ1v) is 5.80. The van der Waals surface area contributed by atoms with Gasteiger partial charge in [0.2, 0.25) is 0 Å². The van der Waals surface area contributed by atoms with E-state index in [2.05, 4.69) is 4.74 Å². The van der Waals surface area contributed by atoms with Crippen molar-refractivity contribution in [3.63, 3.8) is 0 Å². The molecule has 0 aliphatic heterocycles. The lowest BCUT2D eigenvalue weighted by Crippen LogP contribution is -2.44. The molecule has 10 heteroatoms. The molecule has 6 N–H and O–H groups in total. The van der Waals surface area contributed by atoms with Crippen molar-refractivity contribution in [3.8, 4) is 0 Å². The Kier molecular flexibility index (Phi) is 7.22. The predicted molar refractivity (Wildman–Crippen MR) is 64.1 cm³/mol. The van der Waals surface area contributed by atoms with Crippen LogP contribution in [0, 0.1) is 5.41 Å². The molecule has 0 spiro atoms. The van der Waals surface area contributed by atoms with Crippen LogP contribution in [-0.4, -0.2) is 80.6 Å². The molecule has 1 unspecified atom stereocenters. The maximum atomic E-state index is 11.5. The fourth-order valence-electron chi connectivity index (χ4n) is 1.27. The zero-order valence-corrected chi connectivity index (χ0v) is 11.1. The number of carboxylic acids is 2. The van der Waals surface area contributed by atoms with Crippen LogP contribution in [0.3, 0.4) is 0 Å². The second-order valence-corrected chi connectivity index (χ2v) is 4.72. The van der Waals surface area contributed by atoms with Crippen LogP contribution in [0.5, 0.6) is 0 Å². The van der Waals surface area contributed by atoms with Gasteiger partial charge < -0.3 is 35.4 Å². The maximum Gasteiger partial charge on any atom is 0.336 e. The van der Waals surface area contributed by atoms with E-state index in [1.165, 1.54) is 0 Å². The van der Waals surface area contributed by atoms with Crippen molar-refractivity contribution in [1.29, 1.82) is 0 Å². The van der Waals surface area contributed by atoms with Crippen molar-refractivity contribution in [2.75, 3.05) is 26.4 Å². The summed E-state index contributed by atoms with van der Waals surface area (Å²) in [6.45, 7) is -2.74. The summed E-state index contributed by atoms with van der Waals surface area (Å²) in [5.74, 6) is -4.77. The normalized spacial score (nSPS) is 14.3. The van der Waals surface area contributed by atoms with Crippen LogP contribution >= 0.6 is 0 Å². The van der Waals surface area contributed by atoms with Gasteiger partial charge in [0, 0.05) is 0 Å². The molecule has 0 amide bonds. The molecule has 10 nitrogen and oxygen atoms in total. The van der Waals surface area contributed by atoms with E-state index in [-0.39, 0.29) is 0 Å². The molecule has 0 fully saturated rings. The van der Waals surface area contributed by atoms with Crippen LogP contribution in [0.25, 0.3) is 0 Å². The molecule has 0 aliphatic rings. The van der Waals surface area contributed by atoms with Crippen molar-refractivity contribution in [3.05, 3.63) is 0 Å². The Bertz CT molecular complexity index is 380. The number of esters is 1. The second kappa shape index (κ2) is 7.88. The number of hydrogen-bond donors (Lipinski definition) is 6. The number of hydrogen-bond acceptors (Lipinski definition) is 8. The minimum Gasteiger partial charge on any atom is -0.481 e. The van der Waals surface area contributed by atoms with Crippen LogP contribution < -0.4 is 0 Å². The fourth-order valence-corrected chi connectivity index (χ4v) is 1.27. The summed E-state index contributed by atoms with van der Waals surface area (Å²) >= 11 is 0. The van der Waals surface area contributed by atoms with Gasteiger partial charge >= 0.3 is 17.9 Å². The summed E-state index contributed by atoms with van der Waals surface area (Å²) in [7, 11) is 0. The van der Waals surface area contributed by atoms with Crippen LogP contribution in [0.15, 0.2) is 0 Å². The lowest BCUT2D eigenvalue weighted by Gasteiger charge is -2.27. The maximum absolute atomic E-state index is 11.5. The fraction of sp³-hybridized carbons (Fsp3) is 0.727. The first-order chi connectivity index (χ1) is 9.64. The van der Waals surface area contributed by atoms with Crippen LogP contribution in [0.1, 0.15) is 12.8 Å². The van der Waals surface area contributed by atoms with Crippen molar-refractivity contribution >= 4 is 17.9 Å². The van der Waals surface area contributed by atoms with E-state index >= 15 is 0 Å². The molecule has 0 aliphatic carbocycles. The van der Waals surface area contributed by atoms with E-state index in [0.717, 1.165) is 0 Å². The number of aliphatic carboxylic acids is 2.